The number of anilines is 1. The minimum absolute atomic E-state index is 0.212. The Hall–Kier alpha value is -1.44. The van der Waals surface area contributed by atoms with Gasteiger partial charge in [-0.2, -0.15) is 0 Å². The van der Waals surface area contributed by atoms with Gasteiger partial charge in [0.1, 0.15) is 10.0 Å². The summed E-state index contributed by atoms with van der Waals surface area (Å²) in [4.78, 5) is 0.791. The van der Waals surface area contributed by atoms with Gasteiger partial charge in [-0.05, 0) is 37.3 Å². The molecule has 4 nitrogen and oxygen atoms in total. The highest BCUT2D eigenvalue weighted by Gasteiger charge is 2.25. The van der Waals surface area contributed by atoms with E-state index in [1.807, 2.05) is 0 Å². The zero-order valence-electron chi connectivity index (χ0n) is 10.9. The summed E-state index contributed by atoms with van der Waals surface area (Å²) in [5.74, 6) is -0.468. The number of thiophene rings is 1. The van der Waals surface area contributed by atoms with E-state index in [1.54, 1.807) is 19.1 Å². The van der Waals surface area contributed by atoms with Crippen molar-refractivity contribution in [2.75, 3.05) is 10.8 Å². The minimum atomic E-state index is -3.68. The predicted molar refractivity (Wildman–Crippen MR) is 78.8 cm³/mol. The van der Waals surface area contributed by atoms with Gasteiger partial charge in [0.2, 0.25) is 0 Å². The van der Waals surface area contributed by atoms with Crippen molar-refractivity contribution in [3.05, 3.63) is 47.1 Å². The highest BCUT2D eigenvalue weighted by Crippen LogP contribution is 2.28. The Labute approximate surface area is 121 Å². The first-order chi connectivity index (χ1) is 9.48. The zero-order chi connectivity index (χ0) is 14.8. The summed E-state index contributed by atoms with van der Waals surface area (Å²) < 4.78 is 39.8. The molecule has 0 aliphatic carbocycles. The summed E-state index contributed by atoms with van der Waals surface area (Å²) in [6, 6.07) is 8.77. The molecule has 7 heteroatoms. The van der Waals surface area contributed by atoms with Gasteiger partial charge < -0.3 is 5.73 Å². The number of sulfonamides is 1. The Morgan fingerprint density at radius 3 is 2.60 bits per heavy atom. The molecule has 1 aromatic heterocycles. The lowest BCUT2D eigenvalue weighted by molar-refractivity contribution is 0.593. The van der Waals surface area contributed by atoms with Crippen LogP contribution in [0.1, 0.15) is 11.8 Å². The van der Waals surface area contributed by atoms with Crippen LogP contribution in [0.2, 0.25) is 0 Å². The maximum atomic E-state index is 13.3. The van der Waals surface area contributed by atoms with Crippen molar-refractivity contribution in [3.8, 4) is 0 Å². The van der Waals surface area contributed by atoms with Crippen molar-refractivity contribution in [3.63, 3.8) is 0 Å². The van der Waals surface area contributed by atoms with Gasteiger partial charge in [-0.25, -0.2) is 12.8 Å². The molecule has 0 spiro atoms. The Bertz CT molecular complexity index is 698. The molecule has 1 aromatic carbocycles. The number of nitrogens with zero attached hydrogens (tertiary/aromatic N) is 1. The molecule has 0 aliphatic rings. The average Bonchev–Trinajstić information content (AvgIpc) is 2.89. The summed E-state index contributed by atoms with van der Waals surface area (Å²) >= 11 is 1.13. The first-order valence-electron chi connectivity index (χ1n) is 6.06. The molecule has 0 unspecified atom stereocenters. The standard InChI is InChI=1S/C13H15FN2O2S2/c1-2-16(11-5-3-4-10(14)8-11)20(17,18)13-7-6-12(9-15)19-13/h3-8H,2,9,15H2,1H3. The van der Waals surface area contributed by atoms with Crippen LogP contribution < -0.4 is 10.0 Å². The van der Waals surface area contributed by atoms with Crippen LogP contribution in [-0.4, -0.2) is 15.0 Å². The second kappa shape index (κ2) is 5.90. The van der Waals surface area contributed by atoms with Crippen molar-refractivity contribution in [1.29, 1.82) is 0 Å². The Morgan fingerprint density at radius 2 is 2.05 bits per heavy atom. The van der Waals surface area contributed by atoms with Gasteiger partial charge in [0.25, 0.3) is 10.0 Å². The van der Waals surface area contributed by atoms with E-state index in [0.717, 1.165) is 16.2 Å². The van der Waals surface area contributed by atoms with Gasteiger partial charge in [-0.3, -0.25) is 4.31 Å². The van der Waals surface area contributed by atoms with Crippen molar-refractivity contribution >= 4 is 27.0 Å². The third-order valence-corrected chi connectivity index (χ3v) is 6.24. The molecule has 1 heterocycles. The van der Waals surface area contributed by atoms with E-state index in [-0.39, 0.29) is 10.8 Å². The van der Waals surface area contributed by atoms with Crippen LogP contribution >= 0.6 is 11.3 Å². The van der Waals surface area contributed by atoms with Crippen molar-refractivity contribution < 1.29 is 12.8 Å². The molecule has 0 radical (unpaired) electrons. The van der Waals surface area contributed by atoms with Gasteiger partial charge in [-0.1, -0.05) is 6.07 Å². The molecule has 0 atom stereocenters. The smallest absolute Gasteiger partial charge is 0.273 e. The zero-order valence-corrected chi connectivity index (χ0v) is 12.5. The molecule has 0 saturated heterocycles. The number of halogens is 1. The fraction of sp³-hybridized carbons (Fsp3) is 0.231. The van der Waals surface area contributed by atoms with Gasteiger partial charge in [-0.15, -0.1) is 11.3 Å². The molecule has 2 aromatic rings. The minimum Gasteiger partial charge on any atom is -0.326 e. The monoisotopic (exact) mass is 314 g/mol. The normalized spacial score (nSPS) is 11.6. The van der Waals surface area contributed by atoms with E-state index in [2.05, 4.69) is 0 Å². The van der Waals surface area contributed by atoms with E-state index in [4.69, 9.17) is 5.73 Å². The summed E-state index contributed by atoms with van der Waals surface area (Å²) in [5, 5.41) is 0. The predicted octanol–water partition coefficient (Wildman–Crippen LogP) is 2.56. The molecular weight excluding hydrogens is 299 g/mol. The summed E-state index contributed by atoms with van der Waals surface area (Å²) in [6.07, 6.45) is 0. The van der Waals surface area contributed by atoms with Crippen LogP contribution in [0.15, 0.2) is 40.6 Å². The summed E-state index contributed by atoms with van der Waals surface area (Å²) in [6.45, 7) is 2.23. The molecular formula is C13H15FN2O2S2. The van der Waals surface area contributed by atoms with Crippen molar-refractivity contribution in [2.24, 2.45) is 5.73 Å². The Morgan fingerprint density at radius 1 is 1.30 bits per heavy atom. The maximum absolute atomic E-state index is 13.3. The molecule has 2 N–H and O–H groups in total. The van der Waals surface area contributed by atoms with Crippen molar-refractivity contribution in [2.45, 2.75) is 17.7 Å². The van der Waals surface area contributed by atoms with Gasteiger partial charge >= 0.3 is 0 Å². The second-order valence-electron chi connectivity index (χ2n) is 4.07. The van der Waals surface area contributed by atoms with E-state index in [9.17, 15) is 12.8 Å². The lowest BCUT2D eigenvalue weighted by atomic mass is 10.3. The number of hydrogen-bond donors (Lipinski definition) is 1. The molecule has 20 heavy (non-hydrogen) atoms. The van der Waals surface area contributed by atoms with Crippen LogP contribution in [0.5, 0.6) is 0 Å². The number of rotatable bonds is 5. The quantitative estimate of drug-likeness (QED) is 0.922. The van der Waals surface area contributed by atoms with E-state index >= 15 is 0 Å². The molecule has 2 rings (SSSR count). The number of benzene rings is 1. The molecule has 0 saturated carbocycles. The molecule has 108 valence electrons. The van der Waals surface area contributed by atoms with E-state index in [1.165, 1.54) is 28.6 Å². The Kier molecular flexibility index (Phi) is 4.42. The van der Waals surface area contributed by atoms with Crippen LogP contribution in [0.3, 0.4) is 0 Å². The van der Waals surface area contributed by atoms with Gasteiger partial charge in [0, 0.05) is 18.0 Å². The van der Waals surface area contributed by atoms with Crippen LogP contribution in [0, 0.1) is 5.82 Å². The largest absolute Gasteiger partial charge is 0.326 e. The van der Waals surface area contributed by atoms with Crippen LogP contribution in [-0.2, 0) is 16.6 Å². The summed E-state index contributed by atoms with van der Waals surface area (Å²) in [7, 11) is -3.68. The topological polar surface area (TPSA) is 63.4 Å². The van der Waals surface area contributed by atoms with Crippen molar-refractivity contribution in [1.82, 2.24) is 0 Å². The SMILES string of the molecule is CCN(c1cccc(F)c1)S(=O)(=O)c1ccc(CN)s1. The number of nitrogens with two attached hydrogens (primary N) is 1. The van der Waals surface area contributed by atoms with E-state index < -0.39 is 15.8 Å². The first-order valence-corrected chi connectivity index (χ1v) is 8.31. The number of hydrogen-bond acceptors (Lipinski definition) is 4. The molecule has 0 amide bonds. The highest BCUT2D eigenvalue weighted by atomic mass is 32.2. The van der Waals surface area contributed by atoms with Crippen LogP contribution in [0.25, 0.3) is 0 Å². The van der Waals surface area contributed by atoms with Crippen LogP contribution in [0.4, 0.5) is 10.1 Å². The third kappa shape index (κ3) is 2.84. The van der Waals surface area contributed by atoms with Gasteiger partial charge in [0.05, 0.1) is 5.69 Å². The maximum Gasteiger partial charge on any atom is 0.273 e. The van der Waals surface area contributed by atoms with Gasteiger partial charge in [0.15, 0.2) is 0 Å². The molecule has 0 bridgehead atoms. The third-order valence-electron chi connectivity index (χ3n) is 2.77. The fourth-order valence-corrected chi connectivity index (χ4v) is 4.65. The van der Waals surface area contributed by atoms with E-state index in [0.29, 0.717) is 12.2 Å². The lowest BCUT2D eigenvalue weighted by Crippen LogP contribution is -2.30. The first kappa shape index (κ1) is 15.0. The molecule has 0 fully saturated rings. The fourth-order valence-electron chi connectivity index (χ4n) is 1.84. The highest BCUT2D eigenvalue weighted by molar-refractivity contribution is 7.94. The summed E-state index contributed by atoms with van der Waals surface area (Å²) in [5.41, 5.74) is 5.81. The second-order valence-corrected chi connectivity index (χ2v) is 7.33. The Balaban J connectivity index is 2.44. The average molecular weight is 314 g/mol. The lowest BCUT2D eigenvalue weighted by Gasteiger charge is -2.21. The molecule has 0 aliphatic heterocycles.